The predicted octanol–water partition coefficient (Wildman–Crippen LogP) is 3.79. The number of likely N-dealkylation sites (N-methyl/N-ethyl adjacent to an activating group) is 1. The molecule has 1 fully saturated rings. The molecule has 0 radical (unpaired) electrons. The van der Waals surface area contributed by atoms with E-state index in [1.165, 1.54) is 24.8 Å². The zero-order chi connectivity index (χ0) is 13.7. The van der Waals surface area contributed by atoms with E-state index in [9.17, 15) is 0 Å². The second-order valence-electron chi connectivity index (χ2n) is 5.99. The molecule has 2 rings (SSSR count). The lowest BCUT2D eigenvalue weighted by Gasteiger charge is -2.30. The smallest absolute Gasteiger partial charge is 0.0792 e. The van der Waals surface area contributed by atoms with Crippen molar-refractivity contribution in [2.75, 3.05) is 13.7 Å². The van der Waals surface area contributed by atoms with Gasteiger partial charge in [0.2, 0.25) is 0 Å². The van der Waals surface area contributed by atoms with E-state index in [4.69, 9.17) is 4.74 Å². The van der Waals surface area contributed by atoms with Crippen LogP contribution in [0.15, 0.2) is 30.3 Å². The molecule has 1 saturated carbocycles. The van der Waals surface area contributed by atoms with Crippen molar-refractivity contribution in [3.63, 3.8) is 0 Å². The van der Waals surface area contributed by atoms with Gasteiger partial charge in [0.15, 0.2) is 0 Å². The number of hydrogen-bond donors (Lipinski definition) is 1. The van der Waals surface area contributed by atoms with E-state index in [0.29, 0.717) is 5.92 Å². The lowest BCUT2D eigenvalue weighted by atomic mass is 9.93. The second-order valence-corrected chi connectivity index (χ2v) is 5.99. The average Bonchev–Trinajstić information content (AvgIpc) is 3.23. The van der Waals surface area contributed by atoms with Gasteiger partial charge in [0.25, 0.3) is 0 Å². The number of ether oxygens (including phenoxy) is 1. The normalized spacial score (nSPS) is 18.5. The number of hydrogen-bond acceptors (Lipinski definition) is 2. The van der Waals surface area contributed by atoms with Gasteiger partial charge in [-0.3, -0.25) is 0 Å². The van der Waals surface area contributed by atoms with Crippen molar-refractivity contribution in [3.8, 4) is 0 Å². The van der Waals surface area contributed by atoms with Crippen LogP contribution in [0.3, 0.4) is 0 Å². The van der Waals surface area contributed by atoms with E-state index in [0.717, 1.165) is 12.5 Å². The fourth-order valence-corrected chi connectivity index (χ4v) is 2.63. The summed E-state index contributed by atoms with van der Waals surface area (Å²) in [5.41, 5.74) is 1.31. The Hall–Kier alpha value is -0.860. The minimum atomic E-state index is 0.242. The summed E-state index contributed by atoms with van der Waals surface area (Å²) in [5.74, 6) is 1.45. The Balaban J connectivity index is 1.97. The van der Waals surface area contributed by atoms with Gasteiger partial charge in [0.1, 0.15) is 0 Å². The highest BCUT2D eigenvalue weighted by Crippen LogP contribution is 2.33. The minimum Gasteiger partial charge on any atom is -0.376 e. The van der Waals surface area contributed by atoms with Crippen molar-refractivity contribution >= 4 is 0 Å². The summed E-state index contributed by atoms with van der Waals surface area (Å²) in [6.45, 7) is 5.39. The highest BCUT2D eigenvalue weighted by atomic mass is 16.5. The molecular formula is C17H27NO. The van der Waals surface area contributed by atoms with Gasteiger partial charge >= 0.3 is 0 Å². The first-order chi connectivity index (χ1) is 9.22. The number of rotatable bonds is 8. The topological polar surface area (TPSA) is 21.3 Å². The summed E-state index contributed by atoms with van der Waals surface area (Å²) in [5, 5.41) is 3.43. The Bertz CT molecular complexity index is 359. The van der Waals surface area contributed by atoms with E-state index in [-0.39, 0.29) is 12.1 Å². The Labute approximate surface area is 117 Å². The van der Waals surface area contributed by atoms with Gasteiger partial charge in [-0.15, -0.1) is 0 Å². The molecule has 1 aliphatic rings. The molecule has 19 heavy (non-hydrogen) atoms. The van der Waals surface area contributed by atoms with Crippen molar-refractivity contribution in [1.29, 1.82) is 0 Å². The van der Waals surface area contributed by atoms with E-state index in [1.54, 1.807) is 0 Å². The molecule has 0 spiro atoms. The third-order valence-electron chi connectivity index (χ3n) is 3.99. The van der Waals surface area contributed by atoms with Crippen LogP contribution in [-0.2, 0) is 4.74 Å². The van der Waals surface area contributed by atoms with Crippen LogP contribution in [0.4, 0.5) is 0 Å². The molecule has 1 aromatic rings. The van der Waals surface area contributed by atoms with Gasteiger partial charge < -0.3 is 10.1 Å². The van der Waals surface area contributed by atoms with Crippen LogP contribution in [0.25, 0.3) is 0 Å². The molecule has 0 heterocycles. The maximum atomic E-state index is 6.20. The molecule has 2 heteroatoms. The first-order valence-electron chi connectivity index (χ1n) is 7.56. The first kappa shape index (κ1) is 14.5. The quantitative estimate of drug-likeness (QED) is 0.769. The van der Waals surface area contributed by atoms with Crippen LogP contribution in [0, 0.1) is 11.8 Å². The van der Waals surface area contributed by atoms with Crippen molar-refractivity contribution in [1.82, 2.24) is 5.32 Å². The van der Waals surface area contributed by atoms with Gasteiger partial charge in [0, 0.05) is 6.61 Å². The lowest BCUT2D eigenvalue weighted by Crippen LogP contribution is -2.35. The molecule has 1 aromatic carbocycles. The molecule has 0 aliphatic heterocycles. The van der Waals surface area contributed by atoms with Crippen LogP contribution in [-0.4, -0.2) is 19.8 Å². The molecule has 0 saturated heterocycles. The SMILES string of the molecule is CNC(c1ccccc1)C(OCCC1CC1)C(C)C. The third kappa shape index (κ3) is 4.32. The molecule has 2 atom stereocenters. The Morgan fingerprint density at radius 3 is 2.42 bits per heavy atom. The standard InChI is InChI=1S/C17H27NO/c1-13(2)17(19-12-11-14-9-10-14)16(18-3)15-7-5-4-6-8-15/h4-8,13-14,16-18H,9-12H2,1-3H3. The summed E-state index contributed by atoms with van der Waals surface area (Å²) < 4.78 is 6.20. The fraction of sp³-hybridized carbons (Fsp3) is 0.647. The fourth-order valence-electron chi connectivity index (χ4n) is 2.63. The highest BCUT2D eigenvalue weighted by Gasteiger charge is 2.27. The maximum absolute atomic E-state index is 6.20. The van der Waals surface area contributed by atoms with Crippen LogP contribution >= 0.6 is 0 Å². The molecule has 1 aliphatic carbocycles. The van der Waals surface area contributed by atoms with Crippen molar-refractivity contribution < 1.29 is 4.74 Å². The first-order valence-corrected chi connectivity index (χ1v) is 7.56. The van der Waals surface area contributed by atoms with E-state index in [1.807, 2.05) is 7.05 Å². The zero-order valence-electron chi connectivity index (χ0n) is 12.4. The van der Waals surface area contributed by atoms with Crippen molar-refractivity contribution in [2.24, 2.45) is 11.8 Å². The van der Waals surface area contributed by atoms with Crippen LogP contribution in [0.2, 0.25) is 0 Å². The minimum absolute atomic E-state index is 0.242. The average molecular weight is 261 g/mol. The van der Waals surface area contributed by atoms with Gasteiger partial charge in [-0.25, -0.2) is 0 Å². The lowest BCUT2D eigenvalue weighted by molar-refractivity contribution is -0.00526. The predicted molar refractivity (Wildman–Crippen MR) is 80.2 cm³/mol. The second kappa shape index (κ2) is 7.06. The van der Waals surface area contributed by atoms with Crippen LogP contribution in [0.1, 0.15) is 44.7 Å². The Kier molecular flexibility index (Phi) is 5.41. The number of nitrogens with one attached hydrogen (secondary N) is 1. The molecule has 0 aromatic heterocycles. The molecular weight excluding hydrogens is 234 g/mol. The molecule has 106 valence electrons. The molecule has 1 N–H and O–H groups in total. The van der Waals surface area contributed by atoms with Gasteiger partial charge in [-0.1, -0.05) is 57.0 Å². The van der Waals surface area contributed by atoms with Gasteiger partial charge in [-0.2, -0.15) is 0 Å². The van der Waals surface area contributed by atoms with E-state index >= 15 is 0 Å². The van der Waals surface area contributed by atoms with Gasteiger partial charge in [-0.05, 0) is 30.9 Å². The zero-order valence-corrected chi connectivity index (χ0v) is 12.4. The Morgan fingerprint density at radius 1 is 1.21 bits per heavy atom. The van der Waals surface area contributed by atoms with Crippen LogP contribution in [0.5, 0.6) is 0 Å². The monoisotopic (exact) mass is 261 g/mol. The van der Waals surface area contributed by atoms with Crippen molar-refractivity contribution in [2.45, 2.75) is 45.3 Å². The van der Waals surface area contributed by atoms with E-state index < -0.39 is 0 Å². The maximum Gasteiger partial charge on any atom is 0.0792 e. The Morgan fingerprint density at radius 2 is 1.89 bits per heavy atom. The summed E-state index contributed by atoms with van der Waals surface area (Å²) in [6, 6.07) is 10.9. The molecule has 2 unspecified atom stereocenters. The van der Waals surface area contributed by atoms with Crippen LogP contribution < -0.4 is 5.32 Å². The number of benzene rings is 1. The molecule has 0 bridgehead atoms. The summed E-state index contributed by atoms with van der Waals surface area (Å²) in [4.78, 5) is 0. The largest absolute Gasteiger partial charge is 0.376 e. The summed E-state index contributed by atoms with van der Waals surface area (Å²) in [7, 11) is 2.03. The third-order valence-corrected chi connectivity index (χ3v) is 3.99. The summed E-state index contributed by atoms with van der Waals surface area (Å²) in [6.07, 6.45) is 4.29. The summed E-state index contributed by atoms with van der Waals surface area (Å²) >= 11 is 0. The van der Waals surface area contributed by atoms with Gasteiger partial charge in [0.05, 0.1) is 12.1 Å². The van der Waals surface area contributed by atoms with Crippen molar-refractivity contribution in [3.05, 3.63) is 35.9 Å². The highest BCUT2D eigenvalue weighted by molar-refractivity contribution is 5.20. The van der Waals surface area contributed by atoms with E-state index in [2.05, 4.69) is 49.5 Å². The molecule has 0 amide bonds. The molecule has 2 nitrogen and oxygen atoms in total.